The quantitative estimate of drug-likeness (QED) is 0.418. The van der Waals surface area contributed by atoms with Crippen LogP contribution in [0.25, 0.3) is 5.69 Å². The molecule has 0 aromatic carbocycles. The fourth-order valence-corrected chi connectivity index (χ4v) is 4.42. The van der Waals surface area contributed by atoms with Gasteiger partial charge in [-0.2, -0.15) is 40.2 Å². The van der Waals surface area contributed by atoms with Crippen LogP contribution in [0.3, 0.4) is 0 Å². The molecule has 0 aliphatic rings. The Kier molecular flexibility index (Phi) is 6.86. The first kappa shape index (κ1) is 27.4. The number of rotatable bonds is 6. The second-order valence-electron chi connectivity index (χ2n) is 6.91. The van der Waals surface area contributed by atoms with Crippen LogP contribution in [0, 0.1) is 0 Å². The Morgan fingerprint density at radius 1 is 1.11 bits per heavy atom. The van der Waals surface area contributed by atoms with E-state index >= 15 is 0 Å². The molecule has 196 valence electrons. The largest absolute Gasteiger partial charge is 0.460 e. The Morgan fingerprint density at radius 2 is 1.75 bits per heavy atom. The highest BCUT2D eigenvalue weighted by Crippen LogP contribution is 2.45. The lowest BCUT2D eigenvalue weighted by Gasteiger charge is -2.17. The Balaban J connectivity index is 2.04. The minimum Gasteiger partial charge on any atom is -0.284 e. The molecule has 0 radical (unpaired) electrons. The highest BCUT2D eigenvalue weighted by molar-refractivity contribution is 7.91. The SMILES string of the molecule is CCS(=O)(=O)c1cc(-n2ccc(C(F)(F)F)n2)cnc1C(=O)N(C)c1nnc(C(F)(F)C(F)(F)F)s1. The van der Waals surface area contributed by atoms with Crippen LogP contribution in [-0.4, -0.2) is 58.3 Å². The number of carbonyl (C=O) groups is 1. The third-order valence-electron chi connectivity index (χ3n) is 4.53. The van der Waals surface area contributed by atoms with Crippen molar-refractivity contribution in [3.05, 3.63) is 40.9 Å². The lowest BCUT2D eigenvalue weighted by atomic mass is 10.3. The van der Waals surface area contributed by atoms with Crippen molar-refractivity contribution in [2.24, 2.45) is 0 Å². The van der Waals surface area contributed by atoms with Gasteiger partial charge < -0.3 is 0 Å². The zero-order valence-electron chi connectivity index (χ0n) is 17.8. The zero-order valence-corrected chi connectivity index (χ0v) is 19.4. The number of halogens is 8. The molecule has 0 saturated carbocycles. The summed E-state index contributed by atoms with van der Waals surface area (Å²) in [7, 11) is -3.35. The van der Waals surface area contributed by atoms with Crippen LogP contribution in [0.15, 0.2) is 29.4 Å². The summed E-state index contributed by atoms with van der Waals surface area (Å²) in [6, 6.07) is 1.44. The Hall–Kier alpha value is -3.22. The summed E-state index contributed by atoms with van der Waals surface area (Å²) in [5.41, 5.74) is -2.34. The molecule has 0 unspecified atom stereocenters. The molecule has 0 saturated heterocycles. The Bertz CT molecular complexity index is 1400. The highest BCUT2D eigenvalue weighted by Gasteiger charge is 2.61. The number of pyridine rings is 1. The number of anilines is 1. The lowest BCUT2D eigenvalue weighted by Crippen LogP contribution is -2.33. The minimum atomic E-state index is -5.98. The van der Waals surface area contributed by atoms with Crippen molar-refractivity contribution in [3.63, 3.8) is 0 Å². The van der Waals surface area contributed by atoms with E-state index in [1.807, 2.05) is 0 Å². The van der Waals surface area contributed by atoms with E-state index in [-0.39, 0.29) is 17.0 Å². The maximum Gasteiger partial charge on any atom is 0.460 e. The third kappa shape index (κ3) is 5.01. The van der Waals surface area contributed by atoms with Crippen LogP contribution in [0.1, 0.15) is 28.1 Å². The standard InChI is InChI=1S/C17H12F8N6O3S2/c1-3-36(33,34)9-6-8(31-5-4-10(29-31)16(20,21)22)7-26-11(9)12(32)30(2)14-28-27-13(35-14)15(18,19)17(23,24)25/h4-7H,3H2,1-2H3. The van der Waals surface area contributed by atoms with Gasteiger partial charge in [0.25, 0.3) is 5.91 Å². The van der Waals surface area contributed by atoms with Crippen molar-refractivity contribution in [2.45, 2.75) is 30.1 Å². The van der Waals surface area contributed by atoms with E-state index in [0.717, 1.165) is 25.5 Å². The van der Waals surface area contributed by atoms with Gasteiger partial charge >= 0.3 is 18.3 Å². The molecule has 0 spiro atoms. The fraction of sp³-hybridized carbons (Fsp3) is 0.353. The number of hydrogen-bond donors (Lipinski definition) is 0. The molecular weight excluding hydrogens is 552 g/mol. The highest BCUT2D eigenvalue weighted by atomic mass is 32.2. The van der Waals surface area contributed by atoms with Gasteiger partial charge in [0, 0.05) is 13.2 Å². The van der Waals surface area contributed by atoms with E-state index in [2.05, 4.69) is 20.3 Å². The Morgan fingerprint density at radius 3 is 2.28 bits per heavy atom. The van der Waals surface area contributed by atoms with Gasteiger partial charge in [-0.1, -0.05) is 18.3 Å². The van der Waals surface area contributed by atoms with Gasteiger partial charge in [-0.15, -0.1) is 10.2 Å². The normalized spacial score (nSPS) is 13.2. The topological polar surface area (TPSA) is 111 Å². The van der Waals surface area contributed by atoms with Crippen molar-refractivity contribution < 1.29 is 48.3 Å². The number of carbonyl (C=O) groups excluding carboxylic acids is 1. The number of aromatic nitrogens is 5. The number of sulfone groups is 1. The molecule has 0 bridgehead atoms. The smallest absolute Gasteiger partial charge is 0.284 e. The van der Waals surface area contributed by atoms with Crippen LogP contribution < -0.4 is 4.90 Å². The van der Waals surface area contributed by atoms with Crippen LogP contribution in [0.4, 0.5) is 40.3 Å². The molecule has 0 fully saturated rings. The summed E-state index contributed by atoms with van der Waals surface area (Å²) in [6.07, 6.45) is -9.07. The molecule has 0 aliphatic heterocycles. The summed E-state index contributed by atoms with van der Waals surface area (Å²) >= 11 is -0.263. The molecule has 0 N–H and O–H groups in total. The predicted molar refractivity (Wildman–Crippen MR) is 107 cm³/mol. The molecular formula is C17H12F8N6O3S2. The maximum absolute atomic E-state index is 13.5. The molecule has 3 aromatic rings. The number of alkyl halides is 8. The first-order valence-corrected chi connectivity index (χ1v) is 11.8. The van der Waals surface area contributed by atoms with E-state index < -0.39 is 66.2 Å². The monoisotopic (exact) mass is 564 g/mol. The third-order valence-corrected chi connectivity index (χ3v) is 7.34. The van der Waals surface area contributed by atoms with E-state index in [9.17, 15) is 48.3 Å². The number of nitrogens with zero attached hydrogens (tertiary/aromatic N) is 6. The van der Waals surface area contributed by atoms with Crippen LogP contribution >= 0.6 is 11.3 Å². The van der Waals surface area contributed by atoms with E-state index in [1.54, 1.807) is 0 Å². The van der Waals surface area contributed by atoms with Crippen molar-refractivity contribution in [3.8, 4) is 5.69 Å². The second kappa shape index (κ2) is 9.02. The molecule has 0 aliphatic carbocycles. The van der Waals surface area contributed by atoms with Crippen LogP contribution in [0.2, 0.25) is 0 Å². The average molecular weight is 564 g/mol. The predicted octanol–water partition coefficient (Wildman–Crippen LogP) is 3.86. The van der Waals surface area contributed by atoms with E-state index in [0.29, 0.717) is 15.6 Å². The zero-order chi connectivity index (χ0) is 27.3. The molecule has 1 amide bonds. The molecule has 3 aromatic heterocycles. The summed E-state index contributed by atoms with van der Waals surface area (Å²) in [5.74, 6) is -7.21. The van der Waals surface area contributed by atoms with E-state index in [4.69, 9.17) is 0 Å². The lowest BCUT2D eigenvalue weighted by molar-refractivity contribution is -0.289. The van der Waals surface area contributed by atoms with Gasteiger partial charge in [-0.25, -0.2) is 18.1 Å². The first-order valence-electron chi connectivity index (χ1n) is 9.32. The summed E-state index contributed by atoms with van der Waals surface area (Å²) in [4.78, 5) is 16.3. The molecule has 36 heavy (non-hydrogen) atoms. The molecule has 9 nitrogen and oxygen atoms in total. The number of amides is 1. The maximum atomic E-state index is 13.5. The van der Waals surface area contributed by atoms with Gasteiger partial charge in [-0.05, 0) is 12.1 Å². The Labute approximate surface area is 200 Å². The first-order chi connectivity index (χ1) is 16.4. The fourth-order valence-electron chi connectivity index (χ4n) is 2.58. The van der Waals surface area contributed by atoms with Crippen LogP contribution in [-0.2, 0) is 21.9 Å². The molecule has 3 heterocycles. The van der Waals surface area contributed by atoms with Gasteiger partial charge in [-0.3, -0.25) is 9.69 Å². The molecule has 3 rings (SSSR count). The molecule has 0 atom stereocenters. The van der Waals surface area contributed by atoms with Crippen molar-refractivity contribution in [2.75, 3.05) is 17.7 Å². The van der Waals surface area contributed by atoms with Gasteiger partial charge in [0.1, 0.15) is 10.6 Å². The summed E-state index contributed by atoms with van der Waals surface area (Å²) < 4.78 is 129. The van der Waals surface area contributed by atoms with Crippen LogP contribution in [0.5, 0.6) is 0 Å². The summed E-state index contributed by atoms with van der Waals surface area (Å²) in [6.45, 7) is 1.20. The van der Waals surface area contributed by atoms with Gasteiger partial charge in [0.05, 0.1) is 17.6 Å². The second-order valence-corrected chi connectivity index (χ2v) is 10.1. The van der Waals surface area contributed by atoms with Gasteiger partial charge in [0.15, 0.2) is 20.5 Å². The average Bonchev–Trinajstić information content (AvgIpc) is 3.47. The molecule has 19 heteroatoms. The summed E-state index contributed by atoms with van der Waals surface area (Å²) in [5, 5.41) is 6.72. The minimum absolute atomic E-state index is 0.263. The van der Waals surface area contributed by atoms with Crippen molar-refractivity contribution >= 4 is 32.2 Å². The van der Waals surface area contributed by atoms with Crippen molar-refractivity contribution in [1.82, 2.24) is 25.0 Å². The van der Waals surface area contributed by atoms with E-state index in [1.165, 1.54) is 6.92 Å². The number of hydrogen-bond acceptors (Lipinski definition) is 8. The van der Waals surface area contributed by atoms with Crippen molar-refractivity contribution in [1.29, 1.82) is 0 Å². The van der Waals surface area contributed by atoms with Gasteiger partial charge in [0.2, 0.25) is 5.13 Å².